The van der Waals surface area contributed by atoms with Gasteiger partial charge in [-0.15, -0.1) is 0 Å². The van der Waals surface area contributed by atoms with E-state index in [4.69, 9.17) is 0 Å². The standard InChI is InChI=1S/C14H10BrF3IN/c15-13-6-5-11(7-12(13)14(16,17)18)20-8-9-1-3-10(19)4-2-9/h1-7,20H,8H2. The van der Waals surface area contributed by atoms with Gasteiger partial charge in [0.25, 0.3) is 0 Å². The lowest BCUT2D eigenvalue weighted by Gasteiger charge is -2.12. The first-order valence-electron chi connectivity index (χ1n) is 5.71. The maximum Gasteiger partial charge on any atom is 0.417 e. The molecular weight excluding hydrogens is 446 g/mol. The Kier molecular flexibility index (Phi) is 4.95. The van der Waals surface area contributed by atoms with Gasteiger partial charge >= 0.3 is 6.18 Å². The quantitative estimate of drug-likeness (QED) is 0.586. The number of rotatable bonds is 3. The molecule has 0 bridgehead atoms. The molecule has 0 atom stereocenters. The van der Waals surface area contributed by atoms with E-state index in [1.54, 1.807) is 6.07 Å². The van der Waals surface area contributed by atoms with Gasteiger partial charge in [-0.2, -0.15) is 13.2 Å². The predicted octanol–water partition coefficient (Wildman–Crippen LogP) is 5.68. The molecule has 0 saturated carbocycles. The fraction of sp³-hybridized carbons (Fsp3) is 0.143. The highest BCUT2D eigenvalue weighted by Gasteiger charge is 2.33. The molecule has 2 aromatic carbocycles. The Morgan fingerprint density at radius 3 is 2.30 bits per heavy atom. The van der Waals surface area contributed by atoms with Crippen LogP contribution in [0.3, 0.4) is 0 Å². The van der Waals surface area contributed by atoms with Crippen LogP contribution in [0.5, 0.6) is 0 Å². The number of nitrogens with one attached hydrogen (secondary N) is 1. The molecule has 0 saturated heterocycles. The molecule has 0 radical (unpaired) electrons. The Hall–Kier alpha value is -0.760. The third kappa shape index (κ3) is 4.12. The number of hydrogen-bond acceptors (Lipinski definition) is 1. The van der Waals surface area contributed by atoms with Gasteiger partial charge in [-0.1, -0.05) is 28.1 Å². The minimum absolute atomic E-state index is 0.0461. The summed E-state index contributed by atoms with van der Waals surface area (Å²) in [5.74, 6) is 0. The van der Waals surface area contributed by atoms with E-state index in [2.05, 4.69) is 43.8 Å². The zero-order valence-electron chi connectivity index (χ0n) is 10.1. The molecule has 0 aliphatic heterocycles. The lowest BCUT2D eigenvalue weighted by Crippen LogP contribution is -2.07. The monoisotopic (exact) mass is 455 g/mol. The summed E-state index contributed by atoms with van der Waals surface area (Å²) < 4.78 is 39.5. The van der Waals surface area contributed by atoms with Crippen molar-refractivity contribution in [2.75, 3.05) is 5.32 Å². The van der Waals surface area contributed by atoms with Gasteiger partial charge in [0.1, 0.15) is 0 Å². The van der Waals surface area contributed by atoms with Crippen LogP contribution in [0.2, 0.25) is 0 Å². The van der Waals surface area contributed by atoms with Crippen LogP contribution in [-0.4, -0.2) is 0 Å². The summed E-state index contributed by atoms with van der Waals surface area (Å²) in [4.78, 5) is 0. The van der Waals surface area contributed by atoms with Gasteiger partial charge in [0, 0.05) is 20.3 Å². The highest BCUT2D eigenvalue weighted by atomic mass is 127. The second kappa shape index (κ2) is 6.34. The molecule has 0 aromatic heterocycles. The summed E-state index contributed by atoms with van der Waals surface area (Å²) in [6.07, 6.45) is -4.36. The Labute approximate surface area is 136 Å². The molecule has 0 aliphatic rings. The lowest BCUT2D eigenvalue weighted by molar-refractivity contribution is -0.138. The highest BCUT2D eigenvalue weighted by molar-refractivity contribution is 14.1. The average molecular weight is 456 g/mol. The van der Waals surface area contributed by atoms with Gasteiger partial charge in [-0.25, -0.2) is 0 Å². The molecule has 0 amide bonds. The summed E-state index contributed by atoms with van der Waals surface area (Å²) in [6.45, 7) is 0.482. The predicted molar refractivity (Wildman–Crippen MR) is 85.6 cm³/mol. The summed E-state index contributed by atoms with van der Waals surface area (Å²) in [7, 11) is 0. The maximum absolute atomic E-state index is 12.8. The zero-order valence-corrected chi connectivity index (χ0v) is 13.9. The molecule has 0 unspecified atom stereocenters. The molecule has 106 valence electrons. The molecular formula is C14H10BrF3IN. The SMILES string of the molecule is FC(F)(F)c1cc(NCc2ccc(I)cc2)ccc1Br. The van der Waals surface area contributed by atoms with Crippen LogP contribution in [-0.2, 0) is 12.7 Å². The summed E-state index contributed by atoms with van der Waals surface area (Å²) in [5.41, 5.74) is 0.783. The molecule has 0 spiro atoms. The molecule has 2 aromatic rings. The normalized spacial score (nSPS) is 11.4. The molecule has 2 rings (SSSR count). The van der Waals surface area contributed by atoms with Crippen molar-refractivity contribution in [3.05, 3.63) is 61.6 Å². The van der Waals surface area contributed by atoms with Gasteiger partial charge in [0.15, 0.2) is 0 Å². The third-order valence-electron chi connectivity index (χ3n) is 2.68. The first-order valence-corrected chi connectivity index (χ1v) is 7.58. The Bertz CT molecular complexity index is 596. The number of alkyl halides is 3. The number of halogens is 5. The van der Waals surface area contributed by atoms with E-state index in [1.807, 2.05) is 24.3 Å². The van der Waals surface area contributed by atoms with Gasteiger partial charge < -0.3 is 5.32 Å². The van der Waals surface area contributed by atoms with E-state index in [0.29, 0.717) is 12.2 Å². The van der Waals surface area contributed by atoms with E-state index in [1.165, 1.54) is 6.07 Å². The van der Waals surface area contributed by atoms with Crippen LogP contribution in [0, 0.1) is 3.57 Å². The van der Waals surface area contributed by atoms with Gasteiger partial charge in [0.05, 0.1) is 5.56 Å². The number of hydrogen-bond donors (Lipinski definition) is 1. The van der Waals surface area contributed by atoms with Gasteiger partial charge in [-0.05, 0) is 58.5 Å². The van der Waals surface area contributed by atoms with E-state index in [-0.39, 0.29) is 4.47 Å². The van der Waals surface area contributed by atoms with Crippen molar-refractivity contribution in [1.82, 2.24) is 0 Å². The van der Waals surface area contributed by atoms with Crippen molar-refractivity contribution < 1.29 is 13.2 Å². The molecule has 0 aliphatic carbocycles. The second-order valence-electron chi connectivity index (χ2n) is 4.17. The van der Waals surface area contributed by atoms with Crippen LogP contribution in [0.1, 0.15) is 11.1 Å². The van der Waals surface area contributed by atoms with E-state index < -0.39 is 11.7 Å². The Morgan fingerprint density at radius 1 is 1.05 bits per heavy atom. The first-order chi connectivity index (χ1) is 9.36. The van der Waals surface area contributed by atoms with Crippen LogP contribution in [0.15, 0.2) is 46.9 Å². The molecule has 0 heterocycles. The third-order valence-corrected chi connectivity index (χ3v) is 4.09. The minimum Gasteiger partial charge on any atom is -0.381 e. The molecule has 1 nitrogen and oxygen atoms in total. The Morgan fingerprint density at radius 2 is 1.70 bits per heavy atom. The van der Waals surface area contributed by atoms with E-state index in [0.717, 1.165) is 15.2 Å². The van der Waals surface area contributed by atoms with Crippen molar-refractivity contribution in [3.63, 3.8) is 0 Å². The number of anilines is 1. The van der Waals surface area contributed by atoms with Crippen LogP contribution in [0.4, 0.5) is 18.9 Å². The molecule has 6 heteroatoms. The molecule has 20 heavy (non-hydrogen) atoms. The van der Waals surface area contributed by atoms with Gasteiger partial charge in [-0.3, -0.25) is 0 Å². The molecule has 1 N–H and O–H groups in total. The van der Waals surface area contributed by atoms with E-state index in [9.17, 15) is 13.2 Å². The van der Waals surface area contributed by atoms with Crippen molar-refractivity contribution >= 4 is 44.2 Å². The van der Waals surface area contributed by atoms with Crippen LogP contribution in [0.25, 0.3) is 0 Å². The van der Waals surface area contributed by atoms with Crippen LogP contribution >= 0.6 is 38.5 Å². The van der Waals surface area contributed by atoms with E-state index >= 15 is 0 Å². The average Bonchev–Trinajstić information content (AvgIpc) is 2.38. The maximum atomic E-state index is 12.8. The van der Waals surface area contributed by atoms with Crippen molar-refractivity contribution in [1.29, 1.82) is 0 Å². The fourth-order valence-electron chi connectivity index (χ4n) is 1.66. The van der Waals surface area contributed by atoms with Gasteiger partial charge in [0.2, 0.25) is 0 Å². The second-order valence-corrected chi connectivity index (χ2v) is 6.27. The van der Waals surface area contributed by atoms with Crippen molar-refractivity contribution in [2.45, 2.75) is 12.7 Å². The number of benzene rings is 2. The largest absolute Gasteiger partial charge is 0.417 e. The fourth-order valence-corrected chi connectivity index (χ4v) is 2.49. The molecule has 0 fully saturated rings. The minimum atomic E-state index is -4.36. The highest BCUT2D eigenvalue weighted by Crippen LogP contribution is 2.36. The Balaban J connectivity index is 2.12. The zero-order chi connectivity index (χ0) is 14.8. The topological polar surface area (TPSA) is 12.0 Å². The lowest BCUT2D eigenvalue weighted by atomic mass is 10.2. The summed E-state index contributed by atoms with van der Waals surface area (Å²) in [6, 6.07) is 11.9. The van der Waals surface area contributed by atoms with Crippen LogP contribution < -0.4 is 5.32 Å². The smallest absolute Gasteiger partial charge is 0.381 e. The van der Waals surface area contributed by atoms with Crippen molar-refractivity contribution in [3.8, 4) is 0 Å². The summed E-state index contributed by atoms with van der Waals surface area (Å²) >= 11 is 5.12. The first kappa shape index (κ1) is 15.6. The summed E-state index contributed by atoms with van der Waals surface area (Å²) in [5, 5.41) is 3.00. The van der Waals surface area contributed by atoms with Crippen molar-refractivity contribution in [2.24, 2.45) is 0 Å².